The Morgan fingerprint density at radius 1 is 0.970 bits per heavy atom. The van der Waals surface area contributed by atoms with Crippen molar-refractivity contribution in [3.8, 4) is 10.4 Å². The van der Waals surface area contributed by atoms with Crippen LogP contribution in [0, 0.1) is 0 Å². The van der Waals surface area contributed by atoms with E-state index in [0.29, 0.717) is 23.1 Å². The number of rotatable bonds is 4. The molecule has 5 rings (SSSR count). The van der Waals surface area contributed by atoms with Crippen molar-refractivity contribution in [1.29, 1.82) is 0 Å². The van der Waals surface area contributed by atoms with E-state index in [1.165, 1.54) is 15.6 Å². The zero-order valence-electron chi connectivity index (χ0n) is 17.4. The standard InChI is InChI=1S/C23H19ClN4O3S2/c24-19-5-3-17-13-20(6-4-16(17)12-19)33(30,31)28-10-8-27(9-11-28)23(29)22-26-15-21(32-22)18-2-1-7-25-14-18/h1-7,12-15H,8-11H2. The van der Waals surface area contributed by atoms with Gasteiger partial charge in [-0.1, -0.05) is 29.8 Å². The first-order valence-electron chi connectivity index (χ1n) is 10.3. The molecule has 0 saturated carbocycles. The molecule has 33 heavy (non-hydrogen) atoms. The Labute approximate surface area is 200 Å². The number of nitrogens with zero attached hydrogens (tertiary/aromatic N) is 4. The first kappa shape index (κ1) is 22.0. The fraction of sp³-hybridized carbons (Fsp3) is 0.174. The summed E-state index contributed by atoms with van der Waals surface area (Å²) in [4.78, 5) is 24.1. The molecule has 0 N–H and O–H groups in total. The summed E-state index contributed by atoms with van der Waals surface area (Å²) in [5.74, 6) is -0.185. The van der Waals surface area contributed by atoms with E-state index in [2.05, 4.69) is 9.97 Å². The average molecular weight is 499 g/mol. The lowest BCUT2D eigenvalue weighted by Gasteiger charge is -2.33. The van der Waals surface area contributed by atoms with Gasteiger partial charge in [-0.15, -0.1) is 11.3 Å². The average Bonchev–Trinajstić information content (AvgIpc) is 3.34. The summed E-state index contributed by atoms with van der Waals surface area (Å²) in [5.41, 5.74) is 0.905. The van der Waals surface area contributed by atoms with Crippen LogP contribution in [0.5, 0.6) is 0 Å². The van der Waals surface area contributed by atoms with Gasteiger partial charge in [-0.05, 0) is 41.1 Å². The predicted octanol–water partition coefficient (Wildman–Crippen LogP) is 4.16. The SMILES string of the molecule is O=C(c1ncc(-c2cccnc2)s1)N1CCN(S(=O)(=O)c2ccc3cc(Cl)ccc3c2)CC1. The van der Waals surface area contributed by atoms with Gasteiger partial charge in [0.15, 0.2) is 5.01 Å². The van der Waals surface area contributed by atoms with Gasteiger partial charge in [0.25, 0.3) is 5.91 Å². The van der Waals surface area contributed by atoms with Crippen molar-refractivity contribution in [1.82, 2.24) is 19.2 Å². The van der Waals surface area contributed by atoms with Crippen LogP contribution < -0.4 is 0 Å². The molecule has 3 heterocycles. The van der Waals surface area contributed by atoms with Gasteiger partial charge < -0.3 is 4.90 Å². The van der Waals surface area contributed by atoms with E-state index in [9.17, 15) is 13.2 Å². The number of piperazine rings is 1. The Balaban J connectivity index is 1.28. The Morgan fingerprint density at radius 2 is 1.73 bits per heavy atom. The zero-order chi connectivity index (χ0) is 23.0. The smallest absolute Gasteiger partial charge is 0.282 e. The molecule has 4 aromatic rings. The molecule has 2 aromatic heterocycles. The van der Waals surface area contributed by atoms with Gasteiger partial charge in [-0.2, -0.15) is 4.31 Å². The molecule has 0 radical (unpaired) electrons. The minimum absolute atomic E-state index is 0.185. The molecule has 2 aromatic carbocycles. The summed E-state index contributed by atoms with van der Waals surface area (Å²) in [7, 11) is -3.67. The van der Waals surface area contributed by atoms with Crippen LogP contribution in [0.15, 0.2) is 72.0 Å². The molecule has 10 heteroatoms. The first-order valence-corrected chi connectivity index (χ1v) is 12.9. The molecular formula is C23H19ClN4O3S2. The number of fused-ring (bicyclic) bond motifs is 1. The van der Waals surface area contributed by atoms with Crippen molar-refractivity contribution in [2.45, 2.75) is 4.90 Å². The lowest BCUT2D eigenvalue weighted by molar-refractivity contribution is 0.0697. The highest BCUT2D eigenvalue weighted by Crippen LogP contribution is 2.28. The molecule has 1 saturated heterocycles. The number of pyridine rings is 1. The minimum Gasteiger partial charge on any atom is -0.334 e. The molecule has 0 bridgehead atoms. The molecule has 1 fully saturated rings. The Kier molecular flexibility index (Phi) is 5.88. The van der Waals surface area contributed by atoms with E-state index in [1.807, 2.05) is 12.1 Å². The molecule has 0 unspecified atom stereocenters. The number of benzene rings is 2. The van der Waals surface area contributed by atoms with E-state index in [0.717, 1.165) is 21.2 Å². The summed E-state index contributed by atoms with van der Waals surface area (Å²) in [6, 6.07) is 14.1. The van der Waals surface area contributed by atoms with Crippen LogP contribution in [-0.2, 0) is 10.0 Å². The van der Waals surface area contributed by atoms with Crippen LogP contribution in [0.3, 0.4) is 0 Å². The third-order valence-electron chi connectivity index (χ3n) is 5.57. The number of halogens is 1. The predicted molar refractivity (Wildman–Crippen MR) is 129 cm³/mol. The number of carbonyl (C=O) groups excluding carboxylic acids is 1. The Morgan fingerprint density at radius 3 is 2.48 bits per heavy atom. The number of aromatic nitrogens is 2. The van der Waals surface area contributed by atoms with Crippen LogP contribution in [0.1, 0.15) is 9.80 Å². The fourth-order valence-electron chi connectivity index (χ4n) is 3.79. The van der Waals surface area contributed by atoms with E-state index in [-0.39, 0.29) is 23.9 Å². The third kappa shape index (κ3) is 4.37. The number of carbonyl (C=O) groups is 1. The lowest BCUT2D eigenvalue weighted by Crippen LogP contribution is -2.50. The van der Waals surface area contributed by atoms with Crippen molar-refractivity contribution in [2.24, 2.45) is 0 Å². The normalized spacial score (nSPS) is 15.1. The molecule has 7 nitrogen and oxygen atoms in total. The highest BCUT2D eigenvalue weighted by Gasteiger charge is 2.31. The number of hydrogen-bond acceptors (Lipinski definition) is 6. The molecule has 0 aliphatic carbocycles. The topological polar surface area (TPSA) is 83.5 Å². The molecule has 0 atom stereocenters. The fourth-order valence-corrected chi connectivity index (χ4v) is 6.30. The monoisotopic (exact) mass is 498 g/mol. The summed E-state index contributed by atoms with van der Waals surface area (Å²) >= 11 is 7.33. The second-order valence-electron chi connectivity index (χ2n) is 7.62. The Bertz CT molecular complexity index is 1430. The van der Waals surface area contributed by atoms with Crippen molar-refractivity contribution in [3.05, 3.63) is 77.2 Å². The van der Waals surface area contributed by atoms with Crippen molar-refractivity contribution >= 4 is 49.6 Å². The van der Waals surface area contributed by atoms with Crippen LogP contribution in [0.25, 0.3) is 21.2 Å². The summed E-state index contributed by atoms with van der Waals surface area (Å²) < 4.78 is 27.8. The van der Waals surface area contributed by atoms with Crippen LogP contribution in [0.4, 0.5) is 0 Å². The first-order chi connectivity index (χ1) is 15.9. The van der Waals surface area contributed by atoms with E-state index in [1.54, 1.807) is 59.9 Å². The molecule has 168 valence electrons. The zero-order valence-corrected chi connectivity index (χ0v) is 19.8. The Hall–Kier alpha value is -2.85. The van der Waals surface area contributed by atoms with Gasteiger partial charge in [0.2, 0.25) is 10.0 Å². The number of sulfonamides is 1. The number of thiazole rings is 1. The maximum atomic E-state index is 13.2. The van der Waals surface area contributed by atoms with Crippen LogP contribution in [-0.4, -0.2) is 59.7 Å². The maximum Gasteiger partial charge on any atom is 0.282 e. The highest BCUT2D eigenvalue weighted by atomic mass is 35.5. The lowest BCUT2D eigenvalue weighted by atomic mass is 10.1. The van der Waals surface area contributed by atoms with Crippen molar-refractivity contribution in [2.75, 3.05) is 26.2 Å². The third-order valence-corrected chi connectivity index (χ3v) is 8.74. The highest BCUT2D eigenvalue weighted by molar-refractivity contribution is 7.89. The van der Waals surface area contributed by atoms with Gasteiger partial charge >= 0.3 is 0 Å². The van der Waals surface area contributed by atoms with E-state index in [4.69, 9.17) is 11.6 Å². The number of hydrogen-bond donors (Lipinski definition) is 0. The van der Waals surface area contributed by atoms with Crippen molar-refractivity contribution in [3.63, 3.8) is 0 Å². The van der Waals surface area contributed by atoms with Crippen LogP contribution >= 0.6 is 22.9 Å². The van der Waals surface area contributed by atoms with Crippen LogP contribution in [0.2, 0.25) is 5.02 Å². The molecule has 0 spiro atoms. The summed E-state index contributed by atoms with van der Waals surface area (Å²) in [6.45, 7) is 1.08. The molecule has 1 amide bonds. The van der Waals surface area contributed by atoms with Gasteiger partial charge in [0, 0.05) is 55.4 Å². The molecule has 1 aliphatic heterocycles. The van der Waals surface area contributed by atoms with Gasteiger partial charge in [-0.3, -0.25) is 9.78 Å². The molecule has 1 aliphatic rings. The van der Waals surface area contributed by atoms with Gasteiger partial charge in [0.1, 0.15) is 0 Å². The van der Waals surface area contributed by atoms with E-state index < -0.39 is 10.0 Å². The van der Waals surface area contributed by atoms with Gasteiger partial charge in [0.05, 0.1) is 9.77 Å². The van der Waals surface area contributed by atoms with Crippen molar-refractivity contribution < 1.29 is 13.2 Å². The summed E-state index contributed by atoms with van der Waals surface area (Å²) in [5, 5.41) is 2.68. The summed E-state index contributed by atoms with van der Waals surface area (Å²) in [6.07, 6.45) is 5.09. The minimum atomic E-state index is -3.67. The second kappa shape index (κ2) is 8.83. The molecular weight excluding hydrogens is 480 g/mol. The largest absolute Gasteiger partial charge is 0.334 e. The maximum absolute atomic E-state index is 13.2. The number of amides is 1. The quantitative estimate of drug-likeness (QED) is 0.422. The van der Waals surface area contributed by atoms with E-state index >= 15 is 0 Å². The second-order valence-corrected chi connectivity index (χ2v) is 11.0. The van der Waals surface area contributed by atoms with Gasteiger partial charge in [-0.25, -0.2) is 13.4 Å².